The van der Waals surface area contributed by atoms with Crippen LogP contribution >= 0.6 is 0 Å². The number of benzene rings is 1. The van der Waals surface area contributed by atoms with Crippen LogP contribution in [0.1, 0.15) is 24.2 Å². The number of nitro groups is 1. The van der Waals surface area contributed by atoms with Gasteiger partial charge in [0.1, 0.15) is 12.0 Å². The second-order valence-corrected chi connectivity index (χ2v) is 4.55. The highest BCUT2D eigenvalue weighted by Gasteiger charge is 2.13. The molecular weight excluding hydrogens is 248 g/mol. The molecule has 0 aromatic heterocycles. The van der Waals surface area contributed by atoms with E-state index in [1.807, 2.05) is 0 Å². The molecule has 0 saturated carbocycles. The number of nitrogens with one attached hydrogen (secondary N) is 1. The zero-order chi connectivity index (χ0) is 14.3. The molecule has 0 fully saturated rings. The molecule has 1 N–H and O–H groups in total. The first-order valence-corrected chi connectivity index (χ1v) is 6.10. The van der Waals surface area contributed by atoms with E-state index in [4.69, 9.17) is 4.74 Å². The van der Waals surface area contributed by atoms with Gasteiger partial charge in [0.15, 0.2) is 0 Å². The number of aldehydes is 1. The van der Waals surface area contributed by atoms with Gasteiger partial charge in [-0.15, -0.1) is 0 Å². The number of carbonyl (C=O) groups is 1. The Hall–Kier alpha value is -1.95. The Kier molecular flexibility index (Phi) is 5.95. The molecular formula is C13H18N2O4. The average Bonchev–Trinajstić information content (AvgIpc) is 2.38. The van der Waals surface area contributed by atoms with Crippen LogP contribution in [-0.4, -0.2) is 31.0 Å². The lowest BCUT2D eigenvalue weighted by molar-refractivity contribution is -0.384. The summed E-state index contributed by atoms with van der Waals surface area (Å²) in [7, 11) is 0. The first-order chi connectivity index (χ1) is 9.04. The van der Waals surface area contributed by atoms with Crippen LogP contribution in [0.15, 0.2) is 18.2 Å². The van der Waals surface area contributed by atoms with Gasteiger partial charge in [0, 0.05) is 24.8 Å². The van der Waals surface area contributed by atoms with Crippen molar-refractivity contribution in [3.8, 4) is 0 Å². The molecule has 0 amide bonds. The fraction of sp³-hybridized carbons (Fsp3) is 0.462. The number of nitro benzene ring substituents is 1. The van der Waals surface area contributed by atoms with Gasteiger partial charge in [-0.2, -0.15) is 0 Å². The van der Waals surface area contributed by atoms with Crippen LogP contribution in [0.5, 0.6) is 0 Å². The third-order valence-corrected chi connectivity index (χ3v) is 2.37. The van der Waals surface area contributed by atoms with Crippen molar-refractivity contribution < 1.29 is 14.5 Å². The lowest BCUT2D eigenvalue weighted by atomic mass is 10.2. The third-order valence-electron chi connectivity index (χ3n) is 2.37. The Labute approximate surface area is 111 Å². The molecule has 1 rings (SSSR count). The standard InChI is InChI=1S/C13H18N2O4/c1-10(2)9-19-6-5-14-12-4-3-11(8-16)7-13(12)15(17)18/h3-4,7-8,10,14H,5-6,9H2,1-2H3. The van der Waals surface area contributed by atoms with Crippen LogP contribution in [-0.2, 0) is 4.74 Å². The number of nitrogens with zero attached hydrogens (tertiary/aromatic N) is 1. The summed E-state index contributed by atoms with van der Waals surface area (Å²) in [5, 5.41) is 13.8. The minimum Gasteiger partial charge on any atom is -0.379 e. The highest BCUT2D eigenvalue weighted by Crippen LogP contribution is 2.24. The molecule has 104 valence electrons. The summed E-state index contributed by atoms with van der Waals surface area (Å²) < 4.78 is 5.37. The van der Waals surface area contributed by atoms with Crippen LogP contribution in [0.3, 0.4) is 0 Å². The van der Waals surface area contributed by atoms with Crippen molar-refractivity contribution in [2.24, 2.45) is 5.92 Å². The van der Waals surface area contributed by atoms with Gasteiger partial charge in [-0.25, -0.2) is 0 Å². The summed E-state index contributed by atoms with van der Waals surface area (Å²) >= 11 is 0. The molecule has 6 heteroatoms. The van der Waals surface area contributed by atoms with Crippen molar-refractivity contribution in [3.05, 3.63) is 33.9 Å². The maximum Gasteiger partial charge on any atom is 0.293 e. The maximum absolute atomic E-state index is 10.9. The average molecular weight is 266 g/mol. The molecule has 0 aliphatic rings. The molecule has 1 aromatic rings. The van der Waals surface area contributed by atoms with Crippen molar-refractivity contribution in [2.45, 2.75) is 13.8 Å². The van der Waals surface area contributed by atoms with Gasteiger partial charge < -0.3 is 10.1 Å². The van der Waals surface area contributed by atoms with Gasteiger partial charge in [0.2, 0.25) is 0 Å². The monoisotopic (exact) mass is 266 g/mol. The second kappa shape index (κ2) is 7.48. The number of hydrogen-bond acceptors (Lipinski definition) is 5. The van der Waals surface area contributed by atoms with E-state index >= 15 is 0 Å². The van der Waals surface area contributed by atoms with Gasteiger partial charge in [-0.1, -0.05) is 13.8 Å². The van der Waals surface area contributed by atoms with Gasteiger partial charge in [-0.05, 0) is 18.1 Å². The van der Waals surface area contributed by atoms with E-state index in [0.29, 0.717) is 37.6 Å². The Morgan fingerprint density at radius 2 is 2.21 bits per heavy atom. The second-order valence-electron chi connectivity index (χ2n) is 4.55. The molecule has 0 radical (unpaired) electrons. The molecule has 0 saturated heterocycles. The van der Waals surface area contributed by atoms with Gasteiger partial charge >= 0.3 is 0 Å². The van der Waals surface area contributed by atoms with Gasteiger partial charge in [0.25, 0.3) is 5.69 Å². The lowest BCUT2D eigenvalue weighted by Gasteiger charge is -2.09. The molecule has 0 aliphatic carbocycles. The SMILES string of the molecule is CC(C)COCCNc1ccc(C=O)cc1[N+](=O)[O-]. The normalized spacial score (nSPS) is 10.5. The van der Waals surface area contributed by atoms with E-state index in [1.165, 1.54) is 18.2 Å². The summed E-state index contributed by atoms with van der Waals surface area (Å²) in [5.41, 5.74) is 0.575. The van der Waals surface area contributed by atoms with E-state index in [-0.39, 0.29) is 11.3 Å². The summed E-state index contributed by atoms with van der Waals surface area (Å²) in [4.78, 5) is 21.0. The fourth-order valence-electron chi connectivity index (χ4n) is 1.50. The molecule has 1 aromatic carbocycles. The van der Waals surface area contributed by atoms with E-state index in [9.17, 15) is 14.9 Å². The Bertz CT molecular complexity index is 446. The highest BCUT2D eigenvalue weighted by atomic mass is 16.6. The van der Waals surface area contributed by atoms with Crippen molar-refractivity contribution in [1.29, 1.82) is 0 Å². The zero-order valence-electron chi connectivity index (χ0n) is 11.1. The van der Waals surface area contributed by atoms with Crippen LogP contribution in [0.25, 0.3) is 0 Å². The number of hydrogen-bond donors (Lipinski definition) is 1. The summed E-state index contributed by atoms with van der Waals surface area (Å²) in [6.45, 7) is 5.72. The quantitative estimate of drug-likeness (QED) is 0.338. The van der Waals surface area contributed by atoms with E-state index in [2.05, 4.69) is 19.2 Å². The first-order valence-electron chi connectivity index (χ1n) is 6.10. The zero-order valence-corrected chi connectivity index (χ0v) is 11.1. The van der Waals surface area contributed by atoms with E-state index in [0.717, 1.165) is 0 Å². The van der Waals surface area contributed by atoms with Crippen LogP contribution in [0.2, 0.25) is 0 Å². The third kappa shape index (κ3) is 5.05. The number of ether oxygens (including phenoxy) is 1. The van der Waals surface area contributed by atoms with E-state index in [1.54, 1.807) is 0 Å². The molecule has 0 unspecified atom stereocenters. The molecule has 6 nitrogen and oxygen atoms in total. The molecule has 19 heavy (non-hydrogen) atoms. The summed E-state index contributed by atoms with van der Waals surface area (Å²) in [5.74, 6) is 0.459. The van der Waals surface area contributed by atoms with Crippen LogP contribution < -0.4 is 5.32 Å². The molecule has 0 atom stereocenters. The minimum absolute atomic E-state index is 0.103. The number of rotatable bonds is 8. The molecule has 0 spiro atoms. The van der Waals surface area contributed by atoms with Crippen molar-refractivity contribution in [2.75, 3.05) is 25.1 Å². The highest BCUT2D eigenvalue weighted by molar-refractivity contribution is 5.79. The largest absolute Gasteiger partial charge is 0.379 e. The molecule has 0 aliphatic heterocycles. The minimum atomic E-state index is -0.510. The van der Waals surface area contributed by atoms with Gasteiger partial charge in [-0.3, -0.25) is 14.9 Å². The summed E-state index contributed by atoms with van der Waals surface area (Å²) in [6, 6.07) is 4.33. The van der Waals surface area contributed by atoms with E-state index < -0.39 is 4.92 Å². The Morgan fingerprint density at radius 1 is 1.47 bits per heavy atom. The van der Waals surface area contributed by atoms with Crippen molar-refractivity contribution in [1.82, 2.24) is 0 Å². The first kappa shape index (κ1) is 15.1. The van der Waals surface area contributed by atoms with Crippen molar-refractivity contribution >= 4 is 17.7 Å². The molecule has 0 heterocycles. The predicted molar refractivity (Wildman–Crippen MR) is 72.6 cm³/mol. The fourth-order valence-corrected chi connectivity index (χ4v) is 1.50. The smallest absolute Gasteiger partial charge is 0.293 e. The van der Waals surface area contributed by atoms with Crippen LogP contribution in [0.4, 0.5) is 11.4 Å². The summed E-state index contributed by atoms with van der Waals surface area (Å²) in [6.07, 6.45) is 0.586. The Balaban J connectivity index is 2.57. The van der Waals surface area contributed by atoms with Gasteiger partial charge in [0.05, 0.1) is 11.5 Å². The van der Waals surface area contributed by atoms with Crippen LogP contribution in [0, 0.1) is 16.0 Å². The Morgan fingerprint density at radius 3 is 2.79 bits per heavy atom. The number of anilines is 1. The molecule has 0 bridgehead atoms. The topological polar surface area (TPSA) is 81.5 Å². The predicted octanol–water partition coefficient (Wildman–Crippen LogP) is 2.49. The number of carbonyl (C=O) groups excluding carboxylic acids is 1. The lowest BCUT2D eigenvalue weighted by Crippen LogP contribution is -2.13. The van der Waals surface area contributed by atoms with Crippen molar-refractivity contribution in [3.63, 3.8) is 0 Å². The maximum atomic E-state index is 10.9.